The van der Waals surface area contributed by atoms with Crippen LogP contribution in [0.2, 0.25) is 13.3 Å². The molecule has 0 atom stereocenters. The molecule has 0 aliphatic heterocycles. The second kappa shape index (κ2) is 8.98. The van der Waals surface area contributed by atoms with Gasteiger partial charge in [0.25, 0.3) is 0 Å². The molecule has 3 nitrogen and oxygen atoms in total. The first kappa shape index (κ1) is 17.0. The summed E-state index contributed by atoms with van der Waals surface area (Å²) in [7, 11) is 2.01. The van der Waals surface area contributed by atoms with Gasteiger partial charge in [-0.3, -0.25) is 0 Å². The van der Waals surface area contributed by atoms with Crippen LogP contribution in [0.5, 0.6) is 0 Å². The molecule has 1 aromatic heterocycles. The summed E-state index contributed by atoms with van der Waals surface area (Å²) >= 11 is -2.32. The molecule has 0 amide bonds. The Morgan fingerprint density at radius 2 is 1.42 bits per heavy atom. The summed E-state index contributed by atoms with van der Waals surface area (Å²) in [6, 6.07) is 0. The van der Waals surface area contributed by atoms with Gasteiger partial charge in [-0.25, -0.2) is 0 Å². The van der Waals surface area contributed by atoms with Crippen molar-refractivity contribution in [2.24, 2.45) is 7.05 Å². The standard InChI is InChI=1S/3C4H9.C3H4N3.Sn/c3*1-3-4-2;1-6-3-4-2-5-6;/h3*1,3-4H2,2H3;3H,1H3;. The summed E-state index contributed by atoms with van der Waals surface area (Å²) in [5.74, 6) is 0. The van der Waals surface area contributed by atoms with E-state index in [1.807, 2.05) is 18.1 Å². The molecule has 0 saturated heterocycles. The van der Waals surface area contributed by atoms with Gasteiger partial charge in [-0.1, -0.05) is 0 Å². The van der Waals surface area contributed by atoms with Crippen LogP contribution < -0.4 is 3.84 Å². The molecule has 0 aromatic carbocycles. The van der Waals surface area contributed by atoms with E-state index in [2.05, 4.69) is 20.8 Å². The van der Waals surface area contributed by atoms with E-state index >= 15 is 0 Å². The predicted molar refractivity (Wildman–Crippen MR) is 85.5 cm³/mol. The molecular weight excluding hydrogens is 341 g/mol. The van der Waals surface area contributed by atoms with E-state index < -0.39 is 18.4 Å². The molecular formula is C15H31N3Sn. The van der Waals surface area contributed by atoms with Crippen molar-refractivity contribution in [3.8, 4) is 0 Å². The zero-order valence-corrected chi connectivity index (χ0v) is 16.1. The summed E-state index contributed by atoms with van der Waals surface area (Å²) in [4.78, 5) is 4.69. The average molecular weight is 372 g/mol. The molecule has 0 radical (unpaired) electrons. The van der Waals surface area contributed by atoms with E-state index in [-0.39, 0.29) is 0 Å². The van der Waals surface area contributed by atoms with Gasteiger partial charge in [0, 0.05) is 0 Å². The molecule has 1 heterocycles. The van der Waals surface area contributed by atoms with E-state index in [9.17, 15) is 0 Å². The number of hydrogen-bond acceptors (Lipinski definition) is 2. The summed E-state index contributed by atoms with van der Waals surface area (Å²) in [6.07, 6.45) is 9.97. The van der Waals surface area contributed by atoms with Crippen LogP contribution in [0.1, 0.15) is 59.3 Å². The van der Waals surface area contributed by atoms with E-state index in [4.69, 9.17) is 10.1 Å². The Balaban J connectivity index is 2.93. The van der Waals surface area contributed by atoms with Crippen molar-refractivity contribution >= 4 is 22.2 Å². The minimum atomic E-state index is -2.32. The minimum absolute atomic E-state index is 1.30. The summed E-state index contributed by atoms with van der Waals surface area (Å²) in [5.41, 5.74) is 0. The van der Waals surface area contributed by atoms with Crippen molar-refractivity contribution in [2.45, 2.75) is 72.6 Å². The molecule has 110 valence electrons. The van der Waals surface area contributed by atoms with Gasteiger partial charge >= 0.3 is 123 Å². The van der Waals surface area contributed by atoms with Crippen LogP contribution in [0, 0.1) is 0 Å². The third-order valence-corrected chi connectivity index (χ3v) is 18.7. The van der Waals surface area contributed by atoms with E-state index in [0.717, 1.165) is 0 Å². The van der Waals surface area contributed by atoms with Gasteiger partial charge < -0.3 is 0 Å². The molecule has 0 fully saturated rings. The fourth-order valence-electron chi connectivity index (χ4n) is 2.84. The first-order valence-electron chi connectivity index (χ1n) is 8.04. The van der Waals surface area contributed by atoms with E-state index in [1.165, 1.54) is 55.7 Å². The zero-order chi connectivity index (χ0) is 14.1. The first-order chi connectivity index (χ1) is 9.18. The van der Waals surface area contributed by atoms with Gasteiger partial charge in [0.2, 0.25) is 0 Å². The van der Waals surface area contributed by atoms with E-state index in [1.54, 1.807) is 0 Å². The van der Waals surface area contributed by atoms with Crippen LogP contribution in [0.4, 0.5) is 0 Å². The van der Waals surface area contributed by atoms with Crippen LogP contribution in [-0.4, -0.2) is 33.1 Å². The summed E-state index contributed by atoms with van der Waals surface area (Å²) in [6.45, 7) is 6.92. The second-order valence-corrected chi connectivity index (χ2v) is 18.7. The van der Waals surface area contributed by atoms with Crippen molar-refractivity contribution < 1.29 is 0 Å². The maximum absolute atomic E-state index is 4.74. The number of unbranched alkanes of at least 4 members (excludes halogenated alkanes) is 3. The van der Waals surface area contributed by atoms with Crippen molar-refractivity contribution in [3.63, 3.8) is 0 Å². The van der Waals surface area contributed by atoms with Gasteiger partial charge in [-0.05, 0) is 0 Å². The third kappa shape index (κ3) is 5.08. The number of aryl methyl sites for hydroxylation is 1. The topological polar surface area (TPSA) is 30.7 Å². The molecule has 0 saturated carbocycles. The van der Waals surface area contributed by atoms with Crippen molar-refractivity contribution in [1.29, 1.82) is 0 Å². The van der Waals surface area contributed by atoms with Gasteiger partial charge in [-0.15, -0.1) is 0 Å². The van der Waals surface area contributed by atoms with Crippen molar-refractivity contribution in [3.05, 3.63) is 6.33 Å². The SMILES string of the molecule is CCC[CH2][Sn]([CH2]CCC)([CH2]CCC)[c]1ncn(C)n1. The van der Waals surface area contributed by atoms with Crippen molar-refractivity contribution in [2.75, 3.05) is 0 Å². The maximum atomic E-state index is 4.74. The molecule has 0 aliphatic rings. The molecule has 0 aliphatic carbocycles. The monoisotopic (exact) mass is 373 g/mol. The average Bonchev–Trinajstić information content (AvgIpc) is 2.85. The second-order valence-electron chi connectivity index (χ2n) is 5.83. The van der Waals surface area contributed by atoms with E-state index in [0.29, 0.717) is 0 Å². The third-order valence-electron chi connectivity index (χ3n) is 4.10. The fraction of sp³-hybridized carbons (Fsp3) is 0.867. The Hall–Kier alpha value is -0.0613. The Labute approximate surface area is 123 Å². The molecule has 4 heteroatoms. The van der Waals surface area contributed by atoms with Gasteiger partial charge in [0.05, 0.1) is 0 Å². The summed E-state index contributed by atoms with van der Waals surface area (Å²) < 4.78 is 7.57. The van der Waals surface area contributed by atoms with Crippen LogP contribution in [0.3, 0.4) is 0 Å². The molecule has 1 rings (SSSR count). The Kier molecular flexibility index (Phi) is 8.03. The first-order valence-corrected chi connectivity index (χ1v) is 15.5. The Morgan fingerprint density at radius 1 is 0.947 bits per heavy atom. The zero-order valence-electron chi connectivity index (χ0n) is 13.3. The predicted octanol–water partition coefficient (Wildman–Crippen LogP) is 3.87. The molecule has 0 bridgehead atoms. The van der Waals surface area contributed by atoms with Gasteiger partial charge in [0.15, 0.2) is 0 Å². The normalized spacial score (nSPS) is 12.0. The molecule has 19 heavy (non-hydrogen) atoms. The van der Waals surface area contributed by atoms with Crippen LogP contribution in [0.15, 0.2) is 6.33 Å². The number of rotatable bonds is 10. The molecule has 0 spiro atoms. The van der Waals surface area contributed by atoms with Crippen LogP contribution in [-0.2, 0) is 7.05 Å². The fourth-order valence-corrected chi connectivity index (χ4v) is 17.7. The number of aromatic nitrogens is 3. The van der Waals surface area contributed by atoms with Gasteiger partial charge in [0.1, 0.15) is 0 Å². The van der Waals surface area contributed by atoms with Gasteiger partial charge in [-0.2, -0.15) is 0 Å². The summed E-state index contributed by atoms with van der Waals surface area (Å²) in [5, 5.41) is 4.74. The number of nitrogens with zero attached hydrogens (tertiary/aromatic N) is 3. The van der Waals surface area contributed by atoms with Crippen LogP contribution >= 0.6 is 0 Å². The van der Waals surface area contributed by atoms with Crippen LogP contribution in [0.25, 0.3) is 0 Å². The Bertz CT molecular complexity index is 327. The molecule has 0 N–H and O–H groups in total. The number of hydrogen-bond donors (Lipinski definition) is 0. The molecule has 1 aromatic rings. The van der Waals surface area contributed by atoms with Crippen molar-refractivity contribution in [1.82, 2.24) is 14.8 Å². The quantitative estimate of drug-likeness (QED) is 0.584. The molecule has 0 unspecified atom stereocenters. The Morgan fingerprint density at radius 3 is 1.74 bits per heavy atom.